The monoisotopic (exact) mass is 289 g/mol. The minimum atomic E-state index is 0.472. The van der Waals surface area contributed by atoms with E-state index in [0.717, 1.165) is 11.1 Å². The second-order valence-corrected chi connectivity index (χ2v) is 4.92. The van der Waals surface area contributed by atoms with Gasteiger partial charge in [-0.1, -0.05) is 47.5 Å². The molecule has 3 rings (SSSR count). The van der Waals surface area contributed by atoms with E-state index >= 15 is 0 Å². The topological polar surface area (TPSA) is 50.7 Å². The summed E-state index contributed by atoms with van der Waals surface area (Å²) in [7, 11) is 0. The summed E-state index contributed by atoms with van der Waals surface area (Å²) in [6.45, 7) is 0. The molecule has 2 N–H and O–H groups in total. The van der Waals surface area contributed by atoms with Gasteiger partial charge in [-0.05, 0) is 18.2 Å². The van der Waals surface area contributed by atoms with Crippen LogP contribution < -0.4 is 5.73 Å². The Balaban J connectivity index is 2.11. The molecule has 0 amide bonds. The molecule has 5 heteroatoms. The lowest BCUT2D eigenvalue weighted by atomic mass is 10.1. The number of fused-ring (bicyclic) bond motifs is 1. The molecular formula is C14H9Cl2N3. The molecule has 2 aromatic carbocycles. The molecule has 0 aliphatic carbocycles. The van der Waals surface area contributed by atoms with Gasteiger partial charge in [-0.15, -0.1) is 0 Å². The van der Waals surface area contributed by atoms with Crippen molar-refractivity contribution in [2.75, 3.05) is 0 Å². The minimum Gasteiger partial charge on any atom is -0.383 e. The lowest BCUT2D eigenvalue weighted by molar-refractivity contribution is 1.47. The van der Waals surface area contributed by atoms with Crippen LogP contribution in [0.15, 0.2) is 52.4 Å². The maximum Gasteiger partial charge on any atom is 0.162 e. The van der Waals surface area contributed by atoms with Crippen molar-refractivity contribution in [2.24, 2.45) is 15.7 Å². The first-order valence-electron chi connectivity index (χ1n) is 5.63. The van der Waals surface area contributed by atoms with Crippen LogP contribution in [0.1, 0.15) is 11.1 Å². The fourth-order valence-corrected chi connectivity index (χ4v) is 2.36. The average Bonchev–Trinajstić information content (AvgIpc) is 2.71. The van der Waals surface area contributed by atoms with Crippen molar-refractivity contribution in [3.05, 3.63) is 63.6 Å². The van der Waals surface area contributed by atoms with E-state index in [1.165, 1.54) is 0 Å². The number of halogens is 2. The van der Waals surface area contributed by atoms with Crippen molar-refractivity contribution < 1.29 is 0 Å². The highest BCUT2D eigenvalue weighted by molar-refractivity contribution is 6.36. The standard InChI is InChI=1S/C14H9Cl2N3/c15-8-5-6-12(11(16)7-8)18-14-10-4-2-1-3-9(10)13(17)19-14/h1-7H,(H2,17,18,19). The number of hydrogen-bond donors (Lipinski definition) is 1. The molecular weight excluding hydrogens is 281 g/mol. The second-order valence-electron chi connectivity index (χ2n) is 4.07. The Labute approximate surface area is 120 Å². The zero-order chi connectivity index (χ0) is 13.4. The molecule has 0 bridgehead atoms. The van der Waals surface area contributed by atoms with Gasteiger partial charge in [0.15, 0.2) is 5.84 Å². The van der Waals surface area contributed by atoms with E-state index in [1.807, 2.05) is 24.3 Å². The second kappa shape index (κ2) is 4.68. The van der Waals surface area contributed by atoms with Gasteiger partial charge < -0.3 is 5.73 Å². The first kappa shape index (κ1) is 12.2. The van der Waals surface area contributed by atoms with Crippen LogP contribution in [0.5, 0.6) is 0 Å². The van der Waals surface area contributed by atoms with Crippen LogP contribution in [-0.4, -0.2) is 11.7 Å². The molecule has 94 valence electrons. The van der Waals surface area contributed by atoms with E-state index in [4.69, 9.17) is 28.9 Å². The zero-order valence-corrected chi connectivity index (χ0v) is 11.3. The van der Waals surface area contributed by atoms with Crippen molar-refractivity contribution in [1.82, 2.24) is 0 Å². The number of nitrogens with zero attached hydrogens (tertiary/aromatic N) is 2. The van der Waals surface area contributed by atoms with Crippen LogP contribution in [0.2, 0.25) is 10.0 Å². The van der Waals surface area contributed by atoms with Gasteiger partial charge >= 0.3 is 0 Å². The van der Waals surface area contributed by atoms with Crippen molar-refractivity contribution in [1.29, 1.82) is 0 Å². The highest BCUT2D eigenvalue weighted by Gasteiger charge is 2.18. The molecule has 1 heterocycles. The third kappa shape index (κ3) is 2.23. The Kier molecular flexibility index (Phi) is 3.01. The van der Waals surface area contributed by atoms with E-state index in [1.54, 1.807) is 18.2 Å². The zero-order valence-electron chi connectivity index (χ0n) is 9.77. The number of nitrogens with two attached hydrogens (primary N) is 1. The molecule has 0 radical (unpaired) electrons. The van der Waals surface area contributed by atoms with Crippen molar-refractivity contribution in [3.63, 3.8) is 0 Å². The van der Waals surface area contributed by atoms with Gasteiger partial charge in [-0.25, -0.2) is 9.98 Å². The van der Waals surface area contributed by atoms with Crippen LogP contribution in [0.3, 0.4) is 0 Å². The highest BCUT2D eigenvalue weighted by Crippen LogP contribution is 2.30. The Bertz CT molecular complexity index is 720. The van der Waals surface area contributed by atoms with E-state index in [9.17, 15) is 0 Å². The Morgan fingerprint density at radius 3 is 2.47 bits per heavy atom. The molecule has 0 atom stereocenters. The fraction of sp³-hybridized carbons (Fsp3) is 0. The Morgan fingerprint density at radius 2 is 1.74 bits per heavy atom. The fourth-order valence-electron chi connectivity index (χ4n) is 1.91. The van der Waals surface area contributed by atoms with Gasteiger partial charge in [0, 0.05) is 16.1 Å². The molecule has 0 fully saturated rings. The molecule has 3 nitrogen and oxygen atoms in total. The molecule has 0 saturated heterocycles. The third-order valence-electron chi connectivity index (χ3n) is 2.81. The van der Waals surface area contributed by atoms with Crippen LogP contribution in [0.4, 0.5) is 5.69 Å². The molecule has 0 aromatic heterocycles. The van der Waals surface area contributed by atoms with Crippen molar-refractivity contribution in [2.45, 2.75) is 0 Å². The summed E-state index contributed by atoms with van der Waals surface area (Å²) in [5.74, 6) is 1.04. The van der Waals surface area contributed by atoms with Crippen LogP contribution in [0.25, 0.3) is 0 Å². The summed E-state index contributed by atoms with van der Waals surface area (Å²) < 4.78 is 0. The number of rotatable bonds is 1. The number of amidine groups is 2. The molecule has 1 aliphatic heterocycles. The molecule has 0 unspecified atom stereocenters. The quantitative estimate of drug-likeness (QED) is 0.853. The summed E-state index contributed by atoms with van der Waals surface area (Å²) >= 11 is 12.0. The first-order valence-corrected chi connectivity index (χ1v) is 6.38. The van der Waals surface area contributed by atoms with Gasteiger partial charge in [0.1, 0.15) is 5.84 Å². The van der Waals surface area contributed by atoms with Crippen molar-refractivity contribution in [3.8, 4) is 0 Å². The first-order chi connectivity index (χ1) is 9.15. The van der Waals surface area contributed by atoms with Crippen LogP contribution >= 0.6 is 23.2 Å². The van der Waals surface area contributed by atoms with Crippen molar-refractivity contribution >= 4 is 40.6 Å². The molecule has 0 spiro atoms. The number of aliphatic imine (C=N–C) groups is 2. The predicted octanol–water partition coefficient (Wildman–Crippen LogP) is 3.79. The summed E-state index contributed by atoms with van der Waals surface area (Å²) in [6, 6.07) is 12.8. The van der Waals surface area contributed by atoms with Gasteiger partial charge in [0.2, 0.25) is 0 Å². The van der Waals surface area contributed by atoms with E-state index in [2.05, 4.69) is 9.98 Å². The molecule has 2 aromatic rings. The Morgan fingerprint density at radius 1 is 1.00 bits per heavy atom. The Hall–Kier alpha value is -1.84. The van der Waals surface area contributed by atoms with E-state index < -0.39 is 0 Å². The van der Waals surface area contributed by atoms with Crippen LogP contribution in [-0.2, 0) is 0 Å². The largest absolute Gasteiger partial charge is 0.383 e. The van der Waals surface area contributed by atoms with Crippen LogP contribution in [0, 0.1) is 0 Å². The van der Waals surface area contributed by atoms with Gasteiger partial charge in [0.05, 0.1) is 10.7 Å². The lowest BCUT2D eigenvalue weighted by Crippen LogP contribution is -2.09. The van der Waals surface area contributed by atoms with Gasteiger partial charge in [-0.2, -0.15) is 0 Å². The number of benzene rings is 2. The molecule has 1 aliphatic rings. The maximum absolute atomic E-state index is 6.10. The van der Waals surface area contributed by atoms with E-state index in [-0.39, 0.29) is 0 Å². The highest BCUT2D eigenvalue weighted by atomic mass is 35.5. The third-order valence-corrected chi connectivity index (χ3v) is 3.34. The minimum absolute atomic E-state index is 0.472. The smallest absolute Gasteiger partial charge is 0.162 e. The van der Waals surface area contributed by atoms with Gasteiger partial charge in [-0.3, -0.25) is 0 Å². The predicted molar refractivity (Wildman–Crippen MR) is 79.8 cm³/mol. The summed E-state index contributed by atoms with van der Waals surface area (Å²) in [4.78, 5) is 8.72. The SMILES string of the molecule is NC1=NC(=Nc2ccc(Cl)cc2Cl)c2ccccc21. The summed E-state index contributed by atoms with van der Waals surface area (Å²) in [6.07, 6.45) is 0. The molecule has 19 heavy (non-hydrogen) atoms. The summed E-state index contributed by atoms with van der Waals surface area (Å²) in [5, 5.41) is 1.06. The maximum atomic E-state index is 6.10. The van der Waals surface area contributed by atoms with Gasteiger partial charge in [0.25, 0.3) is 0 Å². The molecule has 0 saturated carbocycles. The summed E-state index contributed by atoms with van der Waals surface area (Å²) in [5.41, 5.74) is 8.29. The normalized spacial score (nSPS) is 15.5. The van der Waals surface area contributed by atoms with E-state index in [0.29, 0.717) is 27.4 Å². The lowest BCUT2D eigenvalue weighted by Gasteiger charge is -2.01. The number of hydrogen-bond acceptors (Lipinski definition) is 2. The average molecular weight is 290 g/mol.